The summed E-state index contributed by atoms with van der Waals surface area (Å²) >= 11 is 5.99. The molecule has 1 aliphatic rings. The highest BCUT2D eigenvalue weighted by atomic mass is 35.5. The second-order valence-corrected chi connectivity index (χ2v) is 6.65. The Morgan fingerprint density at radius 2 is 2.12 bits per heavy atom. The van der Waals surface area contributed by atoms with E-state index in [0.29, 0.717) is 5.02 Å². The van der Waals surface area contributed by atoms with Crippen molar-refractivity contribution in [2.24, 2.45) is 0 Å². The van der Waals surface area contributed by atoms with Crippen LogP contribution < -0.4 is 0 Å². The number of benzene rings is 2. The number of aromatic amines is 1. The predicted octanol–water partition coefficient (Wildman–Crippen LogP) is 4.59. The molecule has 1 fully saturated rings. The Labute approximate surface area is 151 Å². The van der Waals surface area contributed by atoms with Crippen molar-refractivity contribution in [1.82, 2.24) is 14.9 Å². The molecule has 126 valence electrons. The first-order valence-electron chi connectivity index (χ1n) is 8.39. The third-order valence-corrected chi connectivity index (χ3v) is 4.76. The van der Waals surface area contributed by atoms with Crippen LogP contribution in [0.2, 0.25) is 5.02 Å². The molecule has 0 spiro atoms. The molecule has 5 heteroatoms. The predicted molar refractivity (Wildman–Crippen MR) is 100 cm³/mol. The first-order valence-corrected chi connectivity index (χ1v) is 8.77. The minimum Gasteiger partial charge on any atom is -0.340 e. The highest BCUT2D eigenvalue weighted by Crippen LogP contribution is 2.31. The smallest absolute Gasteiger partial charge is 0.247 e. The van der Waals surface area contributed by atoms with Crippen molar-refractivity contribution in [3.05, 3.63) is 71.0 Å². The highest BCUT2D eigenvalue weighted by molar-refractivity contribution is 6.30. The summed E-state index contributed by atoms with van der Waals surface area (Å²) < 4.78 is 0. The lowest BCUT2D eigenvalue weighted by molar-refractivity contribution is -0.126. The summed E-state index contributed by atoms with van der Waals surface area (Å²) in [5.74, 6) is 0.867. The van der Waals surface area contributed by atoms with Crippen LogP contribution in [0.25, 0.3) is 17.1 Å². The van der Waals surface area contributed by atoms with Crippen molar-refractivity contribution in [3.63, 3.8) is 0 Å². The molecular weight excluding hydrogens is 334 g/mol. The van der Waals surface area contributed by atoms with Crippen molar-refractivity contribution in [2.75, 3.05) is 6.54 Å². The van der Waals surface area contributed by atoms with E-state index in [1.807, 2.05) is 59.5 Å². The van der Waals surface area contributed by atoms with Crippen LogP contribution in [0.15, 0.2) is 54.6 Å². The number of carbonyl (C=O) groups excluding carboxylic acids is 1. The van der Waals surface area contributed by atoms with Crippen LogP contribution in [0.1, 0.15) is 30.3 Å². The SMILES string of the molecule is O=C(C=Cc1cccc(Cl)c1)N1CCCC1c1nc2ccccc2[nH]1. The molecule has 1 saturated heterocycles. The summed E-state index contributed by atoms with van der Waals surface area (Å²) in [6.07, 6.45) is 5.34. The van der Waals surface area contributed by atoms with Gasteiger partial charge in [0.25, 0.3) is 0 Å². The Morgan fingerprint density at radius 1 is 1.24 bits per heavy atom. The van der Waals surface area contributed by atoms with Crippen LogP contribution in [0.3, 0.4) is 0 Å². The van der Waals surface area contributed by atoms with Crippen LogP contribution in [0.4, 0.5) is 0 Å². The van der Waals surface area contributed by atoms with Gasteiger partial charge in [0.15, 0.2) is 0 Å². The van der Waals surface area contributed by atoms with Gasteiger partial charge in [0.1, 0.15) is 5.82 Å². The van der Waals surface area contributed by atoms with E-state index < -0.39 is 0 Å². The van der Waals surface area contributed by atoms with Crippen molar-refractivity contribution in [2.45, 2.75) is 18.9 Å². The third-order valence-electron chi connectivity index (χ3n) is 4.53. The van der Waals surface area contributed by atoms with Gasteiger partial charge in [-0.1, -0.05) is 35.9 Å². The molecule has 0 aliphatic carbocycles. The number of amides is 1. The number of rotatable bonds is 3. The van der Waals surface area contributed by atoms with Gasteiger partial charge in [-0.2, -0.15) is 0 Å². The Bertz CT molecular complexity index is 914. The zero-order chi connectivity index (χ0) is 17.2. The van der Waals surface area contributed by atoms with Crippen LogP contribution in [0, 0.1) is 0 Å². The lowest BCUT2D eigenvalue weighted by Gasteiger charge is -2.21. The summed E-state index contributed by atoms with van der Waals surface area (Å²) in [6.45, 7) is 0.750. The van der Waals surface area contributed by atoms with E-state index in [4.69, 9.17) is 11.6 Å². The van der Waals surface area contributed by atoms with E-state index in [1.165, 1.54) is 0 Å². The summed E-state index contributed by atoms with van der Waals surface area (Å²) in [5.41, 5.74) is 2.86. The zero-order valence-corrected chi connectivity index (χ0v) is 14.4. The van der Waals surface area contributed by atoms with Gasteiger partial charge in [-0.05, 0) is 48.7 Å². The molecule has 1 unspecified atom stereocenters. The van der Waals surface area contributed by atoms with E-state index in [-0.39, 0.29) is 11.9 Å². The number of aromatic nitrogens is 2. The first kappa shape index (κ1) is 15.9. The fourth-order valence-corrected chi connectivity index (χ4v) is 3.52. The van der Waals surface area contributed by atoms with Gasteiger partial charge in [0.05, 0.1) is 17.1 Å². The number of para-hydroxylation sites is 2. The number of halogens is 1. The van der Waals surface area contributed by atoms with E-state index >= 15 is 0 Å². The van der Waals surface area contributed by atoms with E-state index in [1.54, 1.807) is 6.08 Å². The lowest BCUT2D eigenvalue weighted by Crippen LogP contribution is -2.29. The average Bonchev–Trinajstić information content (AvgIpc) is 3.26. The van der Waals surface area contributed by atoms with Crippen LogP contribution >= 0.6 is 11.6 Å². The number of imidazole rings is 1. The molecule has 1 N–H and O–H groups in total. The number of hydrogen-bond acceptors (Lipinski definition) is 2. The minimum absolute atomic E-state index is 0.00271. The molecule has 2 heterocycles. The van der Waals surface area contributed by atoms with Crippen LogP contribution in [0.5, 0.6) is 0 Å². The highest BCUT2D eigenvalue weighted by Gasteiger charge is 2.30. The Balaban J connectivity index is 1.55. The standard InChI is InChI=1S/C20H18ClN3O/c21-15-6-3-5-14(13-15)10-11-19(25)24-12-4-9-18(24)20-22-16-7-1-2-8-17(16)23-20/h1-3,5-8,10-11,13,18H,4,9,12H2,(H,22,23). The molecule has 1 aromatic heterocycles. The van der Waals surface area contributed by atoms with E-state index in [9.17, 15) is 4.79 Å². The molecule has 0 radical (unpaired) electrons. The number of fused-ring (bicyclic) bond motifs is 1. The van der Waals surface area contributed by atoms with Crippen molar-refractivity contribution >= 4 is 34.6 Å². The minimum atomic E-state index is 0.00271. The molecule has 1 amide bonds. The van der Waals surface area contributed by atoms with Crippen molar-refractivity contribution in [3.8, 4) is 0 Å². The number of nitrogens with one attached hydrogen (secondary N) is 1. The van der Waals surface area contributed by atoms with E-state index in [0.717, 1.165) is 41.8 Å². The normalized spacial score (nSPS) is 17.6. The summed E-state index contributed by atoms with van der Waals surface area (Å²) in [4.78, 5) is 22.6. The van der Waals surface area contributed by atoms with Crippen molar-refractivity contribution in [1.29, 1.82) is 0 Å². The Morgan fingerprint density at radius 3 is 2.96 bits per heavy atom. The molecule has 4 nitrogen and oxygen atoms in total. The van der Waals surface area contributed by atoms with Gasteiger partial charge in [-0.25, -0.2) is 4.98 Å². The van der Waals surface area contributed by atoms with Crippen molar-refractivity contribution < 1.29 is 4.79 Å². The molecule has 0 saturated carbocycles. The summed E-state index contributed by atoms with van der Waals surface area (Å²) in [5, 5.41) is 0.663. The summed E-state index contributed by atoms with van der Waals surface area (Å²) in [6, 6.07) is 15.4. The number of H-pyrrole nitrogens is 1. The molecule has 0 bridgehead atoms. The maximum Gasteiger partial charge on any atom is 0.247 e. The maximum atomic E-state index is 12.7. The van der Waals surface area contributed by atoms with Gasteiger partial charge < -0.3 is 9.88 Å². The molecule has 3 aromatic rings. The molecule has 1 atom stereocenters. The molecule has 2 aromatic carbocycles. The topological polar surface area (TPSA) is 49.0 Å². The second-order valence-electron chi connectivity index (χ2n) is 6.22. The molecule has 25 heavy (non-hydrogen) atoms. The molecular formula is C20H18ClN3O. The monoisotopic (exact) mass is 351 g/mol. The van der Waals surface area contributed by atoms with Gasteiger partial charge in [-0.15, -0.1) is 0 Å². The van der Waals surface area contributed by atoms with Gasteiger partial charge in [0, 0.05) is 17.6 Å². The number of carbonyl (C=O) groups is 1. The Kier molecular flexibility index (Phi) is 4.28. The largest absolute Gasteiger partial charge is 0.340 e. The Hall–Kier alpha value is -2.59. The van der Waals surface area contributed by atoms with Crippen LogP contribution in [-0.4, -0.2) is 27.3 Å². The first-order chi connectivity index (χ1) is 12.2. The zero-order valence-electron chi connectivity index (χ0n) is 13.7. The van der Waals surface area contributed by atoms with Gasteiger partial charge >= 0.3 is 0 Å². The molecule has 4 rings (SSSR count). The second kappa shape index (κ2) is 6.73. The number of hydrogen-bond donors (Lipinski definition) is 1. The average molecular weight is 352 g/mol. The number of nitrogens with zero attached hydrogens (tertiary/aromatic N) is 2. The fourth-order valence-electron chi connectivity index (χ4n) is 3.32. The van der Waals surface area contributed by atoms with Crippen LogP contribution in [-0.2, 0) is 4.79 Å². The third kappa shape index (κ3) is 3.30. The molecule has 1 aliphatic heterocycles. The maximum absolute atomic E-state index is 12.7. The van der Waals surface area contributed by atoms with Gasteiger partial charge in [-0.3, -0.25) is 4.79 Å². The fraction of sp³-hybridized carbons (Fsp3) is 0.200. The summed E-state index contributed by atoms with van der Waals surface area (Å²) in [7, 11) is 0. The van der Waals surface area contributed by atoms with E-state index in [2.05, 4.69) is 9.97 Å². The lowest BCUT2D eigenvalue weighted by atomic mass is 10.2. The quantitative estimate of drug-likeness (QED) is 0.701. The number of likely N-dealkylation sites (tertiary alicyclic amines) is 1. The van der Waals surface area contributed by atoms with Gasteiger partial charge in [0.2, 0.25) is 5.91 Å².